The average Bonchev–Trinajstić information content (AvgIpc) is 2.51. The molecule has 2 N–H and O–H groups in total. The average molecular weight is 309 g/mol. The Labute approximate surface area is 129 Å². The number of carbonyl (C=O) groups excluding carboxylic acids is 1. The number of ether oxygens (including phenoxy) is 1. The number of aromatic hydroxyl groups is 1. The Kier molecular flexibility index (Phi) is 5.43. The molecule has 0 spiro atoms. The normalized spacial score (nSPS) is 16.0. The molecular formula is C15H23N3O4. The summed E-state index contributed by atoms with van der Waals surface area (Å²) in [6.07, 6.45) is 2.82. The summed E-state index contributed by atoms with van der Waals surface area (Å²) in [4.78, 5) is 29.9. The molecule has 1 aliphatic heterocycles. The van der Waals surface area contributed by atoms with Crippen molar-refractivity contribution in [2.45, 2.75) is 32.4 Å². The third-order valence-corrected chi connectivity index (χ3v) is 3.99. The lowest BCUT2D eigenvalue weighted by molar-refractivity contribution is 0.0791. The van der Waals surface area contributed by atoms with Gasteiger partial charge < -0.3 is 19.7 Å². The molecule has 1 aliphatic rings. The number of piperidine rings is 1. The van der Waals surface area contributed by atoms with Crippen LogP contribution in [0.5, 0.6) is 5.75 Å². The second kappa shape index (κ2) is 7.31. The summed E-state index contributed by atoms with van der Waals surface area (Å²) < 4.78 is 5.01. The van der Waals surface area contributed by atoms with E-state index in [1.807, 2.05) is 7.05 Å². The number of aromatic nitrogens is 1. The van der Waals surface area contributed by atoms with E-state index in [2.05, 4.69) is 9.88 Å². The number of nitrogens with one attached hydrogen (secondary N) is 1. The maximum atomic E-state index is 11.7. The van der Waals surface area contributed by atoms with Gasteiger partial charge in [0.15, 0.2) is 5.75 Å². The molecule has 1 saturated heterocycles. The number of hydrogen-bond donors (Lipinski definition) is 2. The molecule has 0 unspecified atom stereocenters. The van der Waals surface area contributed by atoms with Crippen molar-refractivity contribution < 1.29 is 14.6 Å². The molecule has 1 aromatic heterocycles. The van der Waals surface area contributed by atoms with E-state index < -0.39 is 0 Å². The molecule has 2 heterocycles. The van der Waals surface area contributed by atoms with Gasteiger partial charge in [0.05, 0.1) is 6.61 Å². The molecule has 0 bridgehead atoms. The van der Waals surface area contributed by atoms with Gasteiger partial charge >= 0.3 is 6.09 Å². The molecule has 1 aromatic rings. The van der Waals surface area contributed by atoms with E-state index in [0.717, 1.165) is 18.5 Å². The van der Waals surface area contributed by atoms with Crippen LogP contribution in [0.25, 0.3) is 0 Å². The van der Waals surface area contributed by atoms with Crippen molar-refractivity contribution in [1.82, 2.24) is 14.8 Å². The summed E-state index contributed by atoms with van der Waals surface area (Å²) in [5, 5.41) is 9.24. The van der Waals surface area contributed by atoms with Gasteiger partial charge in [0.2, 0.25) is 5.43 Å². The Bertz CT molecular complexity index is 564. The van der Waals surface area contributed by atoms with Crippen LogP contribution in [-0.4, -0.2) is 58.8 Å². The second-order valence-corrected chi connectivity index (χ2v) is 5.54. The van der Waals surface area contributed by atoms with E-state index in [9.17, 15) is 14.7 Å². The van der Waals surface area contributed by atoms with Gasteiger partial charge in [-0.2, -0.15) is 0 Å². The SMILES string of the molecule is CCOC(=O)N1CCC(N(C)Cc2cc(=O)c(O)c[nH]2)CC1. The molecule has 0 aromatic carbocycles. The van der Waals surface area contributed by atoms with Crippen LogP contribution < -0.4 is 5.43 Å². The molecule has 22 heavy (non-hydrogen) atoms. The highest BCUT2D eigenvalue weighted by Gasteiger charge is 2.26. The van der Waals surface area contributed by atoms with E-state index >= 15 is 0 Å². The van der Waals surface area contributed by atoms with Crippen molar-refractivity contribution >= 4 is 6.09 Å². The summed E-state index contributed by atoms with van der Waals surface area (Å²) in [7, 11) is 2.00. The molecule has 2 rings (SSSR count). The molecular weight excluding hydrogens is 286 g/mol. The fraction of sp³-hybridized carbons (Fsp3) is 0.600. The number of hydrogen-bond acceptors (Lipinski definition) is 5. The second-order valence-electron chi connectivity index (χ2n) is 5.54. The number of pyridine rings is 1. The zero-order chi connectivity index (χ0) is 16.1. The Balaban J connectivity index is 1.87. The lowest BCUT2D eigenvalue weighted by Crippen LogP contribution is -2.45. The number of rotatable bonds is 4. The fourth-order valence-corrected chi connectivity index (χ4v) is 2.70. The predicted octanol–water partition coefficient (Wildman–Crippen LogP) is 1.13. The molecule has 0 atom stereocenters. The van der Waals surface area contributed by atoms with Gasteiger partial charge in [-0.1, -0.05) is 0 Å². The Morgan fingerprint density at radius 1 is 1.50 bits per heavy atom. The largest absolute Gasteiger partial charge is 0.503 e. The molecule has 7 heteroatoms. The highest BCUT2D eigenvalue weighted by molar-refractivity contribution is 5.67. The fourth-order valence-electron chi connectivity index (χ4n) is 2.70. The highest BCUT2D eigenvalue weighted by Crippen LogP contribution is 2.17. The maximum absolute atomic E-state index is 11.7. The van der Waals surface area contributed by atoms with Crippen LogP contribution in [0.3, 0.4) is 0 Å². The van der Waals surface area contributed by atoms with Crippen LogP contribution in [0.1, 0.15) is 25.5 Å². The van der Waals surface area contributed by atoms with Crippen LogP contribution >= 0.6 is 0 Å². The van der Waals surface area contributed by atoms with Crippen LogP contribution in [0.15, 0.2) is 17.1 Å². The molecule has 122 valence electrons. The van der Waals surface area contributed by atoms with Crippen molar-refractivity contribution in [2.24, 2.45) is 0 Å². The first-order valence-corrected chi connectivity index (χ1v) is 7.53. The van der Waals surface area contributed by atoms with Gasteiger partial charge in [-0.15, -0.1) is 0 Å². The highest BCUT2D eigenvalue weighted by atomic mass is 16.6. The zero-order valence-electron chi connectivity index (χ0n) is 13.0. The van der Waals surface area contributed by atoms with Gasteiger partial charge in [0.25, 0.3) is 0 Å². The van der Waals surface area contributed by atoms with Gasteiger partial charge in [-0.25, -0.2) is 4.79 Å². The summed E-state index contributed by atoms with van der Waals surface area (Å²) in [6.45, 7) is 4.16. The lowest BCUT2D eigenvalue weighted by atomic mass is 10.0. The first-order valence-electron chi connectivity index (χ1n) is 7.53. The minimum atomic E-state index is -0.376. The van der Waals surface area contributed by atoms with Crippen LogP contribution in [0, 0.1) is 0 Å². The monoisotopic (exact) mass is 309 g/mol. The summed E-state index contributed by atoms with van der Waals surface area (Å²) >= 11 is 0. The van der Waals surface area contributed by atoms with Gasteiger partial charge in [0, 0.05) is 43.6 Å². The number of carbonyl (C=O) groups is 1. The topological polar surface area (TPSA) is 85.9 Å². The molecule has 1 fully saturated rings. The first-order chi connectivity index (χ1) is 10.5. The molecule has 0 aliphatic carbocycles. The minimum absolute atomic E-state index is 0.244. The summed E-state index contributed by atoms with van der Waals surface area (Å²) in [6, 6.07) is 1.77. The predicted molar refractivity (Wildman–Crippen MR) is 81.8 cm³/mol. The quantitative estimate of drug-likeness (QED) is 0.871. The zero-order valence-corrected chi connectivity index (χ0v) is 13.0. The Hall–Kier alpha value is -2.02. The molecule has 7 nitrogen and oxygen atoms in total. The first kappa shape index (κ1) is 16.4. The van der Waals surface area contributed by atoms with Gasteiger partial charge in [-0.3, -0.25) is 9.69 Å². The Morgan fingerprint density at radius 3 is 2.77 bits per heavy atom. The number of amides is 1. The van der Waals surface area contributed by atoms with Crippen molar-refractivity contribution in [3.05, 3.63) is 28.2 Å². The third kappa shape index (κ3) is 4.00. The standard InChI is InChI=1S/C15H23N3O4/c1-3-22-15(21)18-6-4-12(5-7-18)17(2)10-11-8-13(19)14(20)9-16-11/h8-9,12,20H,3-7,10H2,1-2H3,(H,16,19). The van der Waals surface area contributed by atoms with Crippen LogP contribution in [0.4, 0.5) is 4.79 Å². The van der Waals surface area contributed by atoms with Crippen LogP contribution in [0.2, 0.25) is 0 Å². The number of nitrogens with zero attached hydrogens (tertiary/aromatic N) is 2. The van der Waals surface area contributed by atoms with Crippen molar-refractivity contribution in [3.63, 3.8) is 0 Å². The lowest BCUT2D eigenvalue weighted by Gasteiger charge is -2.36. The van der Waals surface area contributed by atoms with Gasteiger partial charge in [0.1, 0.15) is 0 Å². The van der Waals surface area contributed by atoms with E-state index in [1.165, 1.54) is 12.3 Å². The Morgan fingerprint density at radius 2 is 2.18 bits per heavy atom. The minimum Gasteiger partial charge on any atom is -0.503 e. The van der Waals surface area contributed by atoms with Crippen molar-refractivity contribution in [3.8, 4) is 5.75 Å². The molecule has 1 amide bonds. The smallest absolute Gasteiger partial charge is 0.409 e. The van der Waals surface area contributed by atoms with E-state index in [0.29, 0.717) is 32.3 Å². The van der Waals surface area contributed by atoms with E-state index in [4.69, 9.17) is 4.74 Å². The van der Waals surface area contributed by atoms with Crippen molar-refractivity contribution in [2.75, 3.05) is 26.7 Å². The van der Waals surface area contributed by atoms with Crippen molar-refractivity contribution in [1.29, 1.82) is 0 Å². The molecule has 0 saturated carbocycles. The third-order valence-electron chi connectivity index (χ3n) is 3.99. The molecule has 0 radical (unpaired) electrons. The summed E-state index contributed by atoms with van der Waals surface area (Å²) in [5.74, 6) is -0.269. The maximum Gasteiger partial charge on any atom is 0.409 e. The van der Waals surface area contributed by atoms with E-state index in [-0.39, 0.29) is 17.3 Å². The van der Waals surface area contributed by atoms with Crippen LogP contribution in [-0.2, 0) is 11.3 Å². The number of aromatic amines is 1. The number of H-pyrrole nitrogens is 1. The summed E-state index contributed by atoms with van der Waals surface area (Å²) in [5.41, 5.74) is 0.386. The van der Waals surface area contributed by atoms with E-state index in [1.54, 1.807) is 11.8 Å². The number of likely N-dealkylation sites (tertiary alicyclic amines) is 1. The van der Waals surface area contributed by atoms with Gasteiger partial charge in [-0.05, 0) is 26.8 Å².